The summed E-state index contributed by atoms with van der Waals surface area (Å²) in [6, 6.07) is 2.59. The Morgan fingerprint density at radius 2 is 0.600 bits per heavy atom. The first-order valence-electron chi connectivity index (χ1n) is 29.4. The van der Waals surface area contributed by atoms with Crippen LogP contribution in [0.25, 0.3) is 0 Å². The van der Waals surface area contributed by atoms with Crippen molar-refractivity contribution < 1.29 is 38.1 Å². The van der Waals surface area contributed by atoms with Gasteiger partial charge < -0.3 is 18.9 Å². The summed E-state index contributed by atoms with van der Waals surface area (Å²) in [6.07, 6.45) is 49.9. The van der Waals surface area contributed by atoms with Crippen molar-refractivity contribution in [2.24, 2.45) is 11.8 Å². The minimum absolute atomic E-state index is 0.105. The molecule has 2 unspecified atom stereocenters. The zero-order chi connectivity index (χ0) is 51.1. The minimum Gasteiger partial charge on any atom is -0.462 e. The summed E-state index contributed by atoms with van der Waals surface area (Å²) < 4.78 is 23.2. The van der Waals surface area contributed by atoms with Crippen LogP contribution in [-0.4, -0.2) is 50.3 Å². The Hall–Kier alpha value is -3.42. The summed E-state index contributed by atoms with van der Waals surface area (Å²) in [7, 11) is 0. The molecule has 1 aromatic carbocycles. The molecular formula is C62H106O8. The Balaban J connectivity index is 2.99. The van der Waals surface area contributed by atoms with Crippen molar-refractivity contribution in [3.05, 3.63) is 58.7 Å². The summed E-state index contributed by atoms with van der Waals surface area (Å²) in [5.41, 5.74) is -0.421. The molecule has 0 spiro atoms. The van der Waals surface area contributed by atoms with Crippen molar-refractivity contribution in [2.45, 2.75) is 273 Å². The topological polar surface area (TPSA) is 105 Å². The summed E-state index contributed by atoms with van der Waals surface area (Å²) >= 11 is 0. The van der Waals surface area contributed by atoms with Crippen LogP contribution < -0.4 is 0 Å². The maximum absolute atomic E-state index is 13.9. The fourth-order valence-corrected chi connectivity index (χ4v) is 8.80. The van der Waals surface area contributed by atoms with Gasteiger partial charge in [-0.15, -0.1) is 0 Å². The number of carbonyl (C=O) groups is 4. The van der Waals surface area contributed by atoms with Gasteiger partial charge in [0.1, 0.15) is 0 Å². The Labute approximate surface area is 430 Å². The van der Waals surface area contributed by atoms with Gasteiger partial charge >= 0.3 is 23.9 Å². The second kappa shape index (κ2) is 46.6. The second-order valence-electron chi connectivity index (χ2n) is 20.1. The third-order valence-corrected chi connectivity index (χ3v) is 13.8. The van der Waals surface area contributed by atoms with E-state index >= 15 is 0 Å². The van der Waals surface area contributed by atoms with Crippen LogP contribution in [0.3, 0.4) is 0 Å². The monoisotopic (exact) mass is 979 g/mol. The lowest BCUT2D eigenvalue weighted by Gasteiger charge is -2.18. The van der Waals surface area contributed by atoms with E-state index in [0.29, 0.717) is 12.8 Å². The summed E-state index contributed by atoms with van der Waals surface area (Å²) in [5, 5.41) is 0. The summed E-state index contributed by atoms with van der Waals surface area (Å²) in [5.74, 6) is -2.59. The summed E-state index contributed by atoms with van der Waals surface area (Å²) in [4.78, 5) is 55.6. The average Bonchev–Trinajstić information content (AvgIpc) is 3.37. The zero-order valence-electron chi connectivity index (χ0n) is 46.2. The van der Waals surface area contributed by atoms with E-state index in [9.17, 15) is 19.2 Å². The van der Waals surface area contributed by atoms with E-state index in [-0.39, 0.29) is 60.5 Å². The van der Waals surface area contributed by atoms with Crippen molar-refractivity contribution in [1.82, 2.24) is 0 Å². The molecule has 1 rings (SSSR count). The molecule has 0 radical (unpaired) electrons. The van der Waals surface area contributed by atoms with Crippen molar-refractivity contribution in [3.63, 3.8) is 0 Å². The number of ether oxygens (including phenoxy) is 4. The number of unbranched alkanes of at least 4 members (excludes halogenated alkanes) is 26. The molecule has 0 aliphatic rings. The van der Waals surface area contributed by atoms with Gasteiger partial charge in [-0.1, -0.05) is 220 Å². The maximum atomic E-state index is 13.9. The number of rotatable bonds is 48. The second-order valence-corrected chi connectivity index (χ2v) is 20.1. The highest BCUT2D eigenvalue weighted by molar-refractivity contribution is 6.10. The van der Waals surface area contributed by atoms with E-state index in [1.807, 2.05) is 0 Å². The number of hydrogen-bond acceptors (Lipinski definition) is 8. The predicted octanol–water partition coefficient (Wildman–Crippen LogP) is 18.8. The molecule has 0 saturated carbocycles. The Morgan fingerprint density at radius 1 is 0.343 bits per heavy atom. The van der Waals surface area contributed by atoms with Gasteiger partial charge in [-0.25, -0.2) is 19.2 Å². The number of esters is 4. The van der Waals surface area contributed by atoms with Crippen molar-refractivity contribution in [1.29, 1.82) is 0 Å². The van der Waals surface area contributed by atoms with Gasteiger partial charge in [0.15, 0.2) is 0 Å². The van der Waals surface area contributed by atoms with Gasteiger partial charge in [-0.05, 0) is 101 Å². The van der Waals surface area contributed by atoms with Gasteiger partial charge in [-0.3, -0.25) is 0 Å². The fraction of sp³-hybridized carbons (Fsp3) is 0.774. The smallest absolute Gasteiger partial charge is 0.339 e. The molecule has 402 valence electrons. The highest BCUT2D eigenvalue weighted by atomic mass is 16.5. The lowest BCUT2D eigenvalue weighted by atomic mass is 9.97. The third-order valence-electron chi connectivity index (χ3n) is 13.8. The van der Waals surface area contributed by atoms with E-state index in [1.54, 1.807) is 0 Å². The van der Waals surface area contributed by atoms with Crippen molar-refractivity contribution in [2.75, 3.05) is 26.4 Å². The molecule has 1 aromatic rings. The molecule has 8 nitrogen and oxygen atoms in total. The van der Waals surface area contributed by atoms with E-state index in [2.05, 4.69) is 65.8 Å². The molecule has 8 heteroatoms. The quantitative estimate of drug-likeness (QED) is 0.0275. The molecule has 0 heterocycles. The zero-order valence-corrected chi connectivity index (χ0v) is 46.2. The molecule has 0 fully saturated rings. The third kappa shape index (κ3) is 33.3. The highest BCUT2D eigenvalue weighted by Crippen LogP contribution is 2.25. The SMILES string of the molecule is CCCCCCCC/C=C\CCCCCCCCOC(=O)c1cc(C(=O)OCC(CC)CCCC)c(C(=O)OCCCCCCCC/C=C\CCCCCCCC)cc1C(=O)OCC(CC)CCCC. The molecule has 0 aliphatic heterocycles. The van der Waals surface area contributed by atoms with E-state index in [1.165, 1.54) is 128 Å². The van der Waals surface area contributed by atoms with E-state index in [4.69, 9.17) is 18.9 Å². The van der Waals surface area contributed by atoms with Gasteiger partial charge in [0.05, 0.1) is 48.7 Å². The number of hydrogen-bond donors (Lipinski definition) is 0. The molecule has 70 heavy (non-hydrogen) atoms. The minimum atomic E-state index is -0.731. The van der Waals surface area contributed by atoms with Crippen LogP contribution >= 0.6 is 0 Å². The molecule has 0 amide bonds. The van der Waals surface area contributed by atoms with Gasteiger partial charge in [0.2, 0.25) is 0 Å². The fourth-order valence-electron chi connectivity index (χ4n) is 8.80. The van der Waals surface area contributed by atoms with Gasteiger partial charge in [0, 0.05) is 0 Å². The Bertz CT molecular complexity index is 1400. The van der Waals surface area contributed by atoms with Crippen LogP contribution in [0.1, 0.15) is 314 Å². The Kier molecular flexibility index (Phi) is 43.0. The highest BCUT2D eigenvalue weighted by Gasteiger charge is 2.29. The molecule has 0 aliphatic carbocycles. The Morgan fingerprint density at radius 3 is 0.886 bits per heavy atom. The first kappa shape index (κ1) is 64.6. The lowest BCUT2D eigenvalue weighted by molar-refractivity contribution is 0.0389. The van der Waals surface area contributed by atoms with Crippen LogP contribution in [0, 0.1) is 11.8 Å². The molecule has 0 N–H and O–H groups in total. The summed E-state index contributed by atoms with van der Waals surface area (Å²) in [6.45, 7) is 13.7. The molecule has 0 saturated heterocycles. The normalized spacial score (nSPS) is 12.4. The number of carbonyl (C=O) groups excluding carboxylic acids is 4. The van der Waals surface area contributed by atoms with Crippen LogP contribution in [0.2, 0.25) is 0 Å². The lowest BCUT2D eigenvalue weighted by Crippen LogP contribution is -2.23. The van der Waals surface area contributed by atoms with Crippen LogP contribution in [-0.2, 0) is 18.9 Å². The van der Waals surface area contributed by atoms with Crippen LogP contribution in [0.4, 0.5) is 0 Å². The van der Waals surface area contributed by atoms with E-state index in [0.717, 1.165) is 103 Å². The van der Waals surface area contributed by atoms with Gasteiger partial charge in [0.25, 0.3) is 0 Å². The van der Waals surface area contributed by atoms with E-state index < -0.39 is 23.9 Å². The van der Waals surface area contributed by atoms with Crippen molar-refractivity contribution >= 4 is 23.9 Å². The standard InChI is InChI=1S/C62H106O8/c1-7-13-17-19-21-23-25-27-29-31-33-35-37-39-41-43-47-67-59(63)55-49-58(62(66)70-52-54(12-6)46-16-10-4)56(50-57(55)61(65)69-51-53(11-5)45-15-9-3)60(64)68-48-44-42-40-38-36-34-32-30-28-26-24-22-20-18-14-8-2/h27-30,49-50,53-54H,7-26,31-48,51-52H2,1-6H3/b29-27-,30-28-. The molecule has 0 aromatic heterocycles. The predicted molar refractivity (Wildman–Crippen MR) is 293 cm³/mol. The largest absolute Gasteiger partial charge is 0.462 e. The molecule has 0 bridgehead atoms. The van der Waals surface area contributed by atoms with Crippen molar-refractivity contribution in [3.8, 4) is 0 Å². The number of benzene rings is 1. The molecular weight excluding hydrogens is 873 g/mol. The van der Waals surface area contributed by atoms with Crippen LogP contribution in [0.5, 0.6) is 0 Å². The van der Waals surface area contributed by atoms with Crippen LogP contribution in [0.15, 0.2) is 36.4 Å². The number of allylic oxidation sites excluding steroid dienone is 4. The maximum Gasteiger partial charge on any atom is 0.339 e. The van der Waals surface area contributed by atoms with Gasteiger partial charge in [-0.2, -0.15) is 0 Å². The first-order valence-corrected chi connectivity index (χ1v) is 29.4. The average molecular weight is 980 g/mol. The first-order chi connectivity index (χ1) is 34.3. The molecule has 2 atom stereocenters.